The summed E-state index contributed by atoms with van der Waals surface area (Å²) in [6.45, 7) is 0.301. The molecule has 3 heterocycles. The lowest BCUT2D eigenvalue weighted by atomic mass is 10.3. The van der Waals surface area contributed by atoms with Crippen molar-refractivity contribution < 1.29 is 8.91 Å². The normalized spacial score (nSPS) is 10.8. The van der Waals surface area contributed by atoms with Crippen LogP contribution in [0.25, 0.3) is 11.4 Å². The zero-order valence-electron chi connectivity index (χ0n) is 11.4. The van der Waals surface area contributed by atoms with Crippen LogP contribution in [0.2, 0.25) is 0 Å². The Balaban J connectivity index is 1.76. The molecule has 9 heteroatoms. The van der Waals surface area contributed by atoms with Crippen LogP contribution in [-0.2, 0) is 6.54 Å². The molecule has 0 aromatic carbocycles. The van der Waals surface area contributed by atoms with E-state index in [4.69, 9.17) is 4.52 Å². The van der Waals surface area contributed by atoms with E-state index in [1.807, 2.05) is 14.1 Å². The molecule has 0 amide bonds. The molecule has 0 aliphatic rings. The zero-order chi connectivity index (χ0) is 14.8. The van der Waals surface area contributed by atoms with Crippen LogP contribution < -0.4 is 4.90 Å². The third-order valence-electron chi connectivity index (χ3n) is 2.68. The molecule has 0 atom stereocenters. The fraction of sp³-hybridized carbons (Fsp3) is 0.250. The molecule has 3 rings (SSSR count). The molecule has 0 saturated heterocycles. The van der Waals surface area contributed by atoms with Crippen molar-refractivity contribution in [1.29, 1.82) is 0 Å². The average Bonchev–Trinajstić information content (AvgIpc) is 3.10. The highest BCUT2D eigenvalue weighted by Crippen LogP contribution is 2.14. The monoisotopic (exact) mass is 289 g/mol. The lowest BCUT2D eigenvalue weighted by Gasteiger charge is -2.02. The Morgan fingerprint density at radius 3 is 2.81 bits per heavy atom. The number of anilines is 1. The molecule has 0 N–H and O–H groups in total. The molecule has 8 nitrogen and oxygen atoms in total. The second-order valence-electron chi connectivity index (χ2n) is 4.55. The number of hydrogen-bond donors (Lipinski definition) is 0. The van der Waals surface area contributed by atoms with Gasteiger partial charge in [0.1, 0.15) is 18.1 Å². The first-order valence-corrected chi connectivity index (χ1v) is 6.14. The first-order chi connectivity index (χ1) is 10.1. The smallest absolute Gasteiger partial charge is 0.265 e. The van der Waals surface area contributed by atoms with E-state index in [-0.39, 0.29) is 0 Å². The number of nitrogens with zero attached hydrogens (tertiary/aromatic N) is 7. The molecule has 21 heavy (non-hydrogen) atoms. The minimum Gasteiger partial charge on any atom is -0.344 e. The predicted octanol–water partition coefficient (Wildman–Crippen LogP) is 0.976. The molecule has 0 radical (unpaired) electrons. The maximum Gasteiger partial charge on any atom is 0.265 e. The average molecular weight is 289 g/mol. The second-order valence-corrected chi connectivity index (χ2v) is 4.55. The van der Waals surface area contributed by atoms with Crippen LogP contribution in [0.15, 0.2) is 29.0 Å². The minimum atomic E-state index is -0.395. The Morgan fingerprint density at radius 1 is 1.29 bits per heavy atom. The molecule has 0 aliphatic carbocycles. The number of hydrogen-bond acceptors (Lipinski definition) is 7. The molecule has 3 aromatic rings. The third-order valence-corrected chi connectivity index (χ3v) is 2.68. The summed E-state index contributed by atoms with van der Waals surface area (Å²) in [6.07, 6.45) is 2.81. The van der Waals surface area contributed by atoms with Crippen LogP contribution in [0.4, 0.5) is 10.3 Å². The van der Waals surface area contributed by atoms with Crippen molar-refractivity contribution in [2.45, 2.75) is 6.54 Å². The highest BCUT2D eigenvalue weighted by Gasteiger charge is 2.11. The summed E-state index contributed by atoms with van der Waals surface area (Å²) in [5.74, 6) is 0.515. The van der Waals surface area contributed by atoms with E-state index in [0.29, 0.717) is 29.8 Å². The van der Waals surface area contributed by atoms with Crippen molar-refractivity contribution in [1.82, 2.24) is 30.1 Å². The van der Waals surface area contributed by atoms with Crippen molar-refractivity contribution in [3.63, 3.8) is 0 Å². The lowest BCUT2D eigenvalue weighted by molar-refractivity contribution is 0.364. The fourth-order valence-corrected chi connectivity index (χ4v) is 1.65. The maximum atomic E-state index is 12.8. The van der Waals surface area contributed by atoms with Crippen molar-refractivity contribution >= 4 is 5.95 Å². The van der Waals surface area contributed by atoms with Crippen molar-refractivity contribution in [2.24, 2.45) is 0 Å². The van der Waals surface area contributed by atoms with Gasteiger partial charge in [0.2, 0.25) is 5.89 Å². The van der Waals surface area contributed by atoms with Gasteiger partial charge in [0.25, 0.3) is 5.95 Å². The number of halogens is 1. The van der Waals surface area contributed by atoms with Crippen molar-refractivity contribution in [2.75, 3.05) is 19.0 Å². The summed E-state index contributed by atoms with van der Waals surface area (Å²) in [5.41, 5.74) is 1.09. The summed E-state index contributed by atoms with van der Waals surface area (Å²) in [7, 11) is 3.64. The first-order valence-electron chi connectivity index (χ1n) is 6.14. The van der Waals surface area contributed by atoms with E-state index in [1.165, 1.54) is 6.07 Å². The maximum absolute atomic E-state index is 12.8. The largest absolute Gasteiger partial charge is 0.344 e. The summed E-state index contributed by atoms with van der Waals surface area (Å²) in [4.78, 5) is 9.88. The predicted molar refractivity (Wildman–Crippen MR) is 70.9 cm³/mol. The minimum absolute atomic E-state index is 0.301. The van der Waals surface area contributed by atoms with Gasteiger partial charge in [-0.15, -0.1) is 5.10 Å². The van der Waals surface area contributed by atoms with Crippen LogP contribution in [-0.4, -0.2) is 44.2 Å². The summed E-state index contributed by atoms with van der Waals surface area (Å²) < 4.78 is 19.5. The SMILES string of the molecule is CN(C)c1noc(Cn2cc(-c3ccc(F)cn3)nn2)n1. The van der Waals surface area contributed by atoms with Gasteiger partial charge >= 0.3 is 0 Å². The molecular weight excluding hydrogens is 277 g/mol. The summed E-state index contributed by atoms with van der Waals surface area (Å²) in [5, 5.41) is 11.7. The molecule has 108 valence electrons. The Bertz CT molecular complexity index is 734. The number of aromatic nitrogens is 6. The third kappa shape index (κ3) is 2.86. The number of pyridine rings is 1. The number of rotatable bonds is 4. The van der Waals surface area contributed by atoms with Gasteiger partial charge in [0.05, 0.1) is 18.1 Å². The Hall–Kier alpha value is -2.84. The molecular formula is C12H12FN7O. The molecule has 3 aromatic heterocycles. The van der Waals surface area contributed by atoms with E-state index in [1.54, 1.807) is 21.8 Å². The van der Waals surface area contributed by atoms with E-state index in [0.717, 1.165) is 6.20 Å². The van der Waals surface area contributed by atoms with E-state index < -0.39 is 5.82 Å². The van der Waals surface area contributed by atoms with Gasteiger partial charge in [-0.3, -0.25) is 4.98 Å². The van der Waals surface area contributed by atoms with Gasteiger partial charge in [-0.1, -0.05) is 5.21 Å². The molecule has 0 spiro atoms. The van der Waals surface area contributed by atoms with Gasteiger partial charge in [-0.2, -0.15) is 4.98 Å². The standard InChI is InChI=1S/C12H12FN7O/c1-19(2)12-15-11(21-17-12)7-20-6-10(16-18-20)9-4-3-8(13)5-14-9/h3-6H,7H2,1-2H3. The Labute approximate surface area is 119 Å². The molecule has 0 aliphatic heterocycles. The molecule has 0 unspecified atom stereocenters. The van der Waals surface area contributed by atoms with E-state index >= 15 is 0 Å². The Morgan fingerprint density at radius 2 is 2.14 bits per heavy atom. The van der Waals surface area contributed by atoms with Crippen LogP contribution >= 0.6 is 0 Å². The highest BCUT2D eigenvalue weighted by atomic mass is 19.1. The molecule has 0 saturated carbocycles. The zero-order valence-corrected chi connectivity index (χ0v) is 11.4. The molecule has 0 fully saturated rings. The lowest BCUT2D eigenvalue weighted by Crippen LogP contribution is -2.10. The van der Waals surface area contributed by atoms with Crippen LogP contribution in [0.3, 0.4) is 0 Å². The topological polar surface area (TPSA) is 85.8 Å². The summed E-state index contributed by atoms with van der Waals surface area (Å²) in [6, 6.07) is 2.86. The second kappa shape index (κ2) is 5.27. The van der Waals surface area contributed by atoms with Gasteiger partial charge in [-0.05, 0) is 17.3 Å². The van der Waals surface area contributed by atoms with Crippen molar-refractivity contribution in [3.05, 3.63) is 36.2 Å². The van der Waals surface area contributed by atoms with Gasteiger partial charge in [0.15, 0.2) is 0 Å². The van der Waals surface area contributed by atoms with Crippen molar-refractivity contribution in [3.8, 4) is 11.4 Å². The van der Waals surface area contributed by atoms with Gasteiger partial charge < -0.3 is 9.42 Å². The highest BCUT2D eigenvalue weighted by molar-refractivity contribution is 5.51. The van der Waals surface area contributed by atoms with Gasteiger partial charge in [-0.25, -0.2) is 9.07 Å². The van der Waals surface area contributed by atoms with Crippen LogP contribution in [0, 0.1) is 5.82 Å². The first kappa shape index (κ1) is 13.2. The van der Waals surface area contributed by atoms with E-state index in [9.17, 15) is 4.39 Å². The van der Waals surface area contributed by atoms with Gasteiger partial charge in [0, 0.05) is 14.1 Å². The van der Waals surface area contributed by atoms with Crippen LogP contribution in [0.1, 0.15) is 5.89 Å². The molecule has 0 bridgehead atoms. The quantitative estimate of drug-likeness (QED) is 0.707. The fourth-order valence-electron chi connectivity index (χ4n) is 1.65. The van der Waals surface area contributed by atoms with E-state index in [2.05, 4.69) is 25.4 Å². The Kier molecular flexibility index (Phi) is 3.30. The summed E-state index contributed by atoms with van der Waals surface area (Å²) >= 11 is 0. The van der Waals surface area contributed by atoms with Crippen LogP contribution in [0.5, 0.6) is 0 Å².